The molecule has 0 aliphatic heterocycles. The summed E-state index contributed by atoms with van der Waals surface area (Å²) in [6, 6.07) is 3.01. The first-order chi connectivity index (χ1) is 5.95. The predicted octanol–water partition coefficient (Wildman–Crippen LogP) is 2.48. The maximum atomic E-state index is 12.8. The summed E-state index contributed by atoms with van der Waals surface area (Å²) in [4.78, 5) is 0. The first kappa shape index (κ1) is 11.3. The molecule has 0 heterocycles. The summed E-state index contributed by atoms with van der Waals surface area (Å²) in [5.74, 6) is -1.20. The number of benzene rings is 1. The van der Waals surface area contributed by atoms with Crippen molar-refractivity contribution in [3.05, 3.63) is 29.6 Å². The minimum atomic E-state index is -4.60. The predicted molar refractivity (Wildman–Crippen MR) is 45.7 cm³/mol. The van der Waals surface area contributed by atoms with E-state index in [1.54, 1.807) is 0 Å². The summed E-state index contributed by atoms with van der Waals surface area (Å²) >= 11 is 2.37. The van der Waals surface area contributed by atoms with E-state index in [4.69, 9.17) is 0 Å². The van der Waals surface area contributed by atoms with Crippen LogP contribution in [0.2, 0.25) is 0 Å². The Morgan fingerprint density at radius 1 is 1.23 bits per heavy atom. The maximum absolute atomic E-state index is 12.8. The zero-order chi connectivity index (χ0) is 10.1. The Balaban J connectivity index is 3.13. The molecule has 0 aliphatic carbocycles. The van der Waals surface area contributed by atoms with Crippen LogP contribution >= 0.6 is 12.9 Å². The molecule has 0 spiro atoms. The molecular formula is C7H3BrF4Mg. The SMILES string of the molecule is Fc1c[c]([Mg][Br])ccc1C(F)(F)F. The monoisotopic (exact) mass is 266 g/mol. The standard InChI is InChI=1S/C7H3F4.BrH.Mg/c8-6-4-2-1-3-5(6)7(9,10)11;;/h1,3-4H;1H;/q;;+1/p-1. The topological polar surface area (TPSA) is 0 Å². The van der Waals surface area contributed by atoms with Crippen LogP contribution in [0.1, 0.15) is 5.56 Å². The lowest BCUT2D eigenvalue weighted by atomic mass is 10.2. The minimum Gasteiger partial charge on any atom is -0.296 e. The number of hydrogen-bond donors (Lipinski definition) is 0. The lowest BCUT2D eigenvalue weighted by molar-refractivity contribution is -0.139. The van der Waals surface area contributed by atoms with Crippen LogP contribution in [0.15, 0.2) is 18.2 Å². The van der Waals surface area contributed by atoms with Crippen molar-refractivity contribution in [1.82, 2.24) is 0 Å². The molecule has 0 nitrogen and oxygen atoms in total. The molecule has 0 unspecified atom stereocenters. The van der Waals surface area contributed by atoms with Crippen molar-refractivity contribution in [2.75, 3.05) is 0 Å². The van der Waals surface area contributed by atoms with Crippen molar-refractivity contribution >= 4 is 34.8 Å². The van der Waals surface area contributed by atoms with Crippen LogP contribution in [-0.2, 0) is 6.18 Å². The van der Waals surface area contributed by atoms with Crippen LogP contribution in [0, 0.1) is 5.82 Å². The lowest BCUT2D eigenvalue weighted by Crippen LogP contribution is -2.14. The molecule has 0 amide bonds. The van der Waals surface area contributed by atoms with E-state index in [9.17, 15) is 17.6 Å². The molecule has 0 saturated heterocycles. The van der Waals surface area contributed by atoms with E-state index in [2.05, 4.69) is 12.9 Å². The molecule has 68 valence electrons. The highest BCUT2D eigenvalue weighted by Crippen LogP contribution is 2.30. The Hall–Kier alpha value is 0.186. The van der Waals surface area contributed by atoms with Crippen LogP contribution in [0.25, 0.3) is 0 Å². The zero-order valence-electron chi connectivity index (χ0n) is 6.33. The number of alkyl halides is 3. The van der Waals surface area contributed by atoms with Gasteiger partial charge in [0.2, 0.25) is 0 Å². The van der Waals surface area contributed by atoms with Gasteiger partial charge in [0.25, 0.3) is 0 Å². The minimum absolute atomic E-state index is 0.616. The summed E-state index contributed by atoms with van der Waals surface area (Å²) in [6.45, 7) is 0. The van der Waals surface area contributed by atoms with Crippen molar-refractivity contribution in [3.63, 3.8) is 0 Å². The van der Waals surface area contributed by atoms with Gasteiger partial charge in [0.15, 0.2) is 0 Å². The highest BCUT2D eigenvalue weighted by Gasteiger charge is 2.33. The Labute approximate surface area is 87.9 Å². The average Bonchev–Trinajstić information content (AvgIpc) is 2.01. The van der Waals surface area contributed by atoms with Gasteiger partial charge in [-0.15, -0.1) is 3.69 Å². The van der Waals surface area contributed by atoms with Crippen molar-refractivity contribution in [2.24, 2.45) is 0 Å². The van der Waals surface area contributed by atoms with Gasteiger partial charge in [-0.05, 0) is 12.1 Å². The smallest absolute Gasteiger partial charge is 0.296 e. The Bertz CT molecular complexity index is 310. The number of rotatable bonds is 1. The molecule has 0 fully saturated rings. The fourth-order valence-corrected chi connectivity index (χ4v) is 2.38. The molecule has 13 heavy (non-hydrogen) atoms. The van der Waals surface area contributed by atoms with Crippen molar-refractivity contribution in [2.45, 2.75) is 6.18 Å². The molecule has 1 aromatic rings. The van der Waals surface area contributed by atoms with E-state index in [0.717, 1.165) is 12.1 Å². The van der Waals surface area contributed by atoms with Crippen LogP contribution < -0.4 is 3.69 Å². The number of halogens is 5. The molecule has 0 bridgehead atoms. The molecular weight excluding hydrogens is 264 g/mol. The van der Waals surface area contributed by atoms with Crippen LogP contribution in [0.5, 0.6) is 0 Å². The highest BCUT2D eigenvalue weighted by molar-refractivity contribution is 9.23. The van der Waals surface area contributed by atoms with Gasteiger partial charge < -0.3 is 0 Å². The van der Waals surface area contributed by atoms with Gasteiger partial charge in [-0.3, -0.25) is 12.9 Å². The zero-order valence-corrected chi connectivity index (χ0v) is 9.33. The van der Waals surface area contributed by atoms with Gasteiger partial charge in [-0.2, -0.15) is 13.2 Å². The van der Waals surface area contributed by atoms with E-state index < -0.39 is 35.7 Å². The molecule has 0 atom stereocenters. The molecule has 0 aromatic heterocycles. The molecule has 1 aromatic carbocycles. The maximum Gasteiger partial charge on any atom is 0.506 e. The van der Waals surface area contributed by atoms with Crippen LogP contribution in [0.3, 0.4) is 0 Å². The van der Waals surface area contributed by atoms with Gasteiger partial charge in [0.1, 0.15) is 5.82 Å². The third kappa shape index (κ3) is 2.82. The third-order valence-electron chi connectivity index (χ3n) is 1.49. The van der Waals surface area contributed by atoms with E-state index in [0.29, 0.717) is 3.69 Å². The summed E-state index contributed by atoms with van der Waals surface area (Å²) in [6.07, 6.45) is -4.60. The van der Waals surface area contributed by atoms with Crippen molar-refractivity contribution in [3.8, 4) is 0 Å². The van der Waals surface area contributed by atoms with Gasteiger partial charge in [-0.1, -0.05) is 6.07 Å². The first-order valence-electron chi connectivity index (χ1n) is 3.36. The average molecular weight is 267 g/mol. The van der Waals surface area contributed by atoms with Gasteiger partial charge in [-0.25, -0.2) is 4.39 Å². The molecule has 0 aliphatic rings. The lowest BCUT2D eigenvalue weighted by Gasteiger charge is -2.08. The van der Waals surface area contributed by atoms with Crippen molar-refractivity contribution < 1.29 is 17.6 Å². The summed E-state index contributed by atoms with van der Waals surface area (Å²) in [7, 11) is 0. The molecule has 0 saturated carbocycles. The Kier molecular flexibility index (Phi) is 3.59. The summed E-state index contributed by atoms with van der Waals surface area (Å²) in [5.41, 5.74) is -1.20. The third-order valence-corrected chi connectivity index (χ3v) is 4.18. The molecule has 0 radical (unpaired) electrons. The second-order valence-corrected chi connectivity index (χ2v) is 5.21. The van der Waals surface area contributed by atoms with E-state index in [-0.39, 0.29) is 0 Å². The quantitative estimate of drug-likeness (QED) is 0.542. The molecule has 0 N–H and O–H groups in total. The molecule has 6 heteroatoms. The second kappa shape index (κ2) is 4.14. The largest absolute Gasteiger partial charge is 0.506 e. The van der Waals surface area contributed by atoms with Gasteiger partial charge in [0, 0.05) is 0 Å². The second-order valence-electron chi connectivity index (χ2n) is 2.45. The van der Waals surface area contributed by atoms with Crippen LogP contribution in [0.4, 0.5) is 17.6 Å². The van der Waals surface area contributed by atoms with Crippen LogP contribution in [-0.4, -0.2) is 18.2 Å². The van der Waals surface area contributed by atoms with E-state index in [1.165, 1.54) is 6.07 Å². The van der Waals surface area contributed by atoms with Crippen molar-refractivity contribution in [1.29, 1.82) is 0 Å². The Morgan fingerprint density at radius 3 is 2.23 bits per heavy atom. The Morgan fingerprint density at radius 2 is 1.85 bits per heavy atom. The fourth-order valence-electron chi connectivity index (χ4n) is 0.872. The summed E-state index contributed by atoms with van der Waals surface area (Å²) < 4.78 is 49.6. The van der Waals surface area contributed by atoms with E-state index in [1.807, 2.05) is 0 Å². The normalized spacial score (nSPS) is 11.2. The van der Waals surface area contributed by atoms with Gasteiger partial charge >= 0.3 is 24.4 Å². The summed E-state index contributed by atoms with van der Waals surface area (Å²) in [5, 5.41) is 0. The fraction of sp³-hybridized carbons (Fsp3) is 0.143. The van der Waals surface area contributed by atoms with E-state index >= 15 is 0 Å². The van der Waals surface area contributed by atoms with Gasteiger partial charge in [0.05, 0.1) is 5.56 Å². The molecule has 1 rings (SSSR count). The first-order valence-corrected chi connectivity index (χ1v) is 7.97. The number of hydrogen-bond acceptors (Lipinski definition) is 0. The highest BCUT2D eigenvalue weighted by atomic mass is 79.9.